The second kappa shape index (κ2) is 7.38. The Bertz CT molecular complexity index is 523. The van der Waals surface area contributed by atoms with Crippen molar-refractivity contribution in [2.75, 3.05) is 45.9 Å². The minimum absolute atomic E-state index is 0.0879. The van der Waals surface area contributed by atoms with Gasteiger partial charge in [0, 0.05) is 45.5 Å². The fourth-order valence-electron chi connectivity index (χ4n) is 3.38. The molecule has 0 unspecified atom stereocenters. The highest BCUT2D eigenvalue weighted by Crippen LogP contribution is 2.46. The van der Waals surface area contributed by atoms with Crippen LogP contribution in [0.4, 0.5) is 0 Å². The Labute approximate surface area is 140 Å². The average Bonchev–Trinajstić information content (AvgIpc) is 3.18. The van der Waals surface area contributed by atoms with Crippen LogP contribution in [0.2, 0.25) is 0 Å². The quantitative estimate of drug-likeness (QED) is 0.485. The number of nitrogens with one attached hydrogen (secondary N) is 2. The third-order valence-electron chi connectivity index (χ3n) is 5.26. The van der Waals surface area contributed by atoms with Crippen LogP contribution in [0.1, 0.15) is 38.5 Å². The van der Waals surface area contributed by atoms with Crippen molar-refractivity contribution in [2.24, 2.45) is 15.8 Å². The molecule has 0 aliphatic heterocycles. The maximum absolute atomic E-state index is 11.5. The number of hydrogen-bond donors (Lipinski definition) is 2. The molecule has 6 nitrogen and oxygen atoms in total. The zero-order valence-electron chi connectivity index (χ0n) is 14.7. The van der Waals surface area contributed by atoms with Crippen LogP contribution in [-0.2, 0) is 14.6 Å². The molecule has 0 bridgehead atoms. The Balaban J connectivity index is 1.78. The van der Waals surface area contributed by atoms with Gasteiger partial charge in [-0.3, -0.25) is 4.99 Å². The first kappa shape index (κ1) is 18.5. The molecule has 0 heterocycles. The summed E-state index contributed by atoms with van der Waals surface area (Å²) in [7, 11) is 0.576. The number of rotatable bonds is 9. The third kappa shape index (κ3) is 5.64. The van der Waals surface area contributed by atoms with Gasteiger partial charge < -0.3 is 15.4 Å². The zero-order chi connectivity index (χ0) is 17.0. The Kier molecular flexibility index (Phi) is 5.94. The molecule has 7 heteroatoms. The summed E-state index contributed by atoms with van der Waals surface area (Å²) in [5.41, 5.74) is 0.243. The van der Waals surface area contributed by atoms with Gasteiger partial charge in [0.15, 0.2) is 5.96 Å². The van der Waals surface area contributed by atoms with E-state index in [4.69, 9.17) is 4.74 Å². The number of guanidine groups is 1. The normalized spacial score (nSPS) is 22.3. The second-order valence-electron chi connectivity index (χ2n) is 7.45. The van der Waals surface area contributed by atoms with Gasteiger partial charge in [-0.2, -0.15) is 0 Å². The molecule has 23 heavy (non-hydrogen) atoms. The second-order valence-corrected chi connectivity index (χ2v) is 9.59. The van der Waals surface area contributed by atoms with Crippen LogP contribution in [0, 0.1) is 10.8 Å². The highest BCUT2D eigenvalue weighted by Gasteiger charge is 2.45. The van der Waals surface area contributed by atoms with Gasteiger partial charge in [0.25, 0.3) is 0 Å². The summed E-state index contributed by atoms with van der Waals surface area (Å²) in [6, 6.07) is 0. The van der Waals surface area contributed by atoms with Crippen LogP contribution in [0.3, 0.4) is 0 Å². The predicted molar refractivity (Wildman–Crippen MR) is 93.5 cm³/mol. The summed E-state index contributed by atoms with van der Waals surface area (Å²) in [5, 5.41) is 6.73. The molecule has 0 atom stereocenters. The summed E-state index contributed by atoms with van der Waals surface area (Å²) >= 11 is 0. The van der Waals surface area contributed by atoms with E-state index in [9.17, 15) is 8.42 Å². The van der Waals surface area contributed by atoms with Crippen molar-refractivity contribution in [2.45, 2.75) is 38.5 Å². The van der Waals surface area contributed by atoms with E-state index in [1.165, 1.54) is 25.5 Å². The van der Waals surface area contributed by atoms with Crippen molar-refractivity contribution in [1.29, 1.82) is 0 Å². The summed E-state index contributed by atoms with van der Waals surface area (Å²) in [5.74, 6) is 1.04. The van der Waals surface area contributed by atoms with Crippen molar-refractivity contribution in [1.82, 2.24) is 10.6 Å². The number of hydrogen-bond acceptors (Lipinski definition) is 4. The molecule has 0 aromatic rings. The fraction of sp³-hybridized carbons (Fsp3) is 0.938. The molecular formula is C16H31N3O3S. The number of methoxy groups -OCH3 is 1. The molecule has 0 aromatic heterocycles. The number of nitrogens with zero attached hydrogens (tertiary/aromatic N) is 1. The lowest BCUT2D eigenvalue weighted by Crippen LogP contribution is -2.48. The lowest BCUT2D eigenvalue weighted by atomic mass is 9.67. The van der Waals surface area contributed by atoms with E-state index >= 15 is 0 Å². The van der Waals surface area contributed by atoms with E-state index in [-0.39, 0.29) is 11.2 Å². The topological polar surface area (TPSA) is 79.8 Å². The summed E-state index contributed by atoms with van der Waals surface area (Å²) < 4.78 is 28.3. The van der Waals surface area contributed by atoms with Gasteiger partial charge in [0.05, 0.1) is 5.75 Å². The Morgan fingerprint density at radius 2 is 1.74 bits per heavy atom. The molecule has 2 saturated carbocycles. The standard InChI is InChI=1S/C16H31N3O3S/c1-17-14(18-11-15(5-4-6-15)9-10-22-2)19-12-16(7-8-16)13-23(3,20)21/h4-13H2,1-3H3,(H2,17,18,19). The van der Waals surface area contributed by atoms with Crippen LogP contribution < -0.4 is 10.6 Å². The van der Waals surface area contributed by atoms with Crippen LogP contribution >= 0.6 is 0 Å². The molecule has 0 radical (unpaired) electrons. The lowest BCUT2D eigenvalue weighted by molar-refractivity contribution is 0.0732. The maximum Gasteiger partial charge on any atom is 0.191 e. The molecule has 2 aliphatic carbocycles. The fourth-order valence-corrected chi connectivity index (χ4v) is 4.88. The van der Waals surface area contributed by atoms with Crippen molar-refractivity contribution < 1.29 is 13.2 Å². The van der Waals surface area contributed by atoms with Gasteiger partial charge in [-0.15, -0.1) is 0 Å². The summed E-state index contributed by atoms with van der Waals surface area (Å²) in [6.45, 7) is 2.37. The Morgan fingerprint density at radius 3 is 2.13 bits per heavy atom. The monoisotopic (exact) mass is 345 g/mol. The highest BCUT2D eigenvalue weighted by molar-refractivity contribution is 7.90. The minimum Gasteiger partial charge on any atom is -0.385 e. The largest absolute Gasteiger partial charge is 0.385 e. The number of aliphatic imine (C=N–C) groups is 1. The molecule has 0 spiro atoms. The first-order valence-electron chi connectivity index (χ1n) is 8.43. The molecule has 2 N–H and O–H groups in total. The molecule has 2 fully saturated rings. The maximum atomic E-state index is 11.5. The van der Waals surface area contributed by atoms with Crippen LogP contribution in [-0.4, -0.2) is 60.2 Å². The molecular weight excluding hydrogens is 314 g/mol. The van der Waals surface area contributed by atoms with E-state index in [2.05, 4.69) is 15.6 Å². The van der Waals surface area contributed by atoms with Crippen molar-refractivity contribution in [3.63, 3.8) is 0 Å². The first-order valence-corrected chi connectivity index (χ1v) is 10.5. The van der Waals surface area contributed by atoms with E-state index in [0.717, 1.165) is 38.4 Å². The lowest BCUT2D eigenvalue weighted by Gasteiger charge is -2.42. The molecule has 134 valence electrons. The first-order chi connectivity index (χ1) is 10.8. The smallest absolute Gasteiger partial charge is 0.191 e. The van der Waals surface area contributed by atoms with Crippen molar-refractivity contribution in [3.05, 3.63) is 0 Å². The molecule has 2 aliphatic rings. The number of sulfone groups is 1. The predicted octanol–water partition coefficient (Wildman–Crippen LogP) is 1.18. The van der Waals surface area contributed by atoms with E-state index < -0.39 is 9.84 Å². The summed E-state index contributed by atoms with van der Waals surface area (Å²) in [6.07, 6.45) is 8.09. The van der Waals surface area contributed by atoms with Crippen LogP contribution in [0.5, 0.6) is 0 Å². The van der Waals surface area contributed by atoms with E-state index in [1.807, 2.05) is 0 Å². The van der Waals surface area contributed by atoms with E-state index in [0.29, 0.717) is 12.0 Å². The summed E-state index contributed by atoms with van der Waals surface area (Å²) in [4.78, 5) is 4.27. The van der Waals surface area contributed by atoms with Gasteiger partial charge in [-0.25, -0.2) is 8.42 Å². The van der Waals surface area contributed by atoms with Gasteiger partial charge in [-0.1, -0.05) is 6.42 Å². The molecule has 0 amide bonds. The highest BCUT2D eigenvalue weighted by atomic mass is 32.2. The number of ether oxygens (including phenoxy) is 1. The Hall–Kier alpha value is -0.820. The molecule has 0 aromatic carbocycles. The van der Waals surface area contributed by atoms with Gasteiger partial charge in [-0.05, 0) is 37.5 Å². The van der Waals surface area contributed by atoms with Crippen LogP contribution in [0.25, 0.3) is 0 Å². The third-order valence-corrected chi connectivity index (χ3v) is 6.40. The zero-order valence-corrected chi connectivity index (χ0v) is 15.5. The van der Waals surface area contributed by atoms with Crippen molar-refractivity contribution in [3.8, 4) is 0 Å². The molecule has 0 saturated heterocycles. The molecule has 2 rings (SSSR count). The Morgan fingerprint density at radius 1 is 1.13 bits per heavy atom. The average molecular weight is 346 g/mol. The van der Waals surface area contributed by atoms with Crippen LogP contribution in [0.15, 0.2) is 4.99 Å². The SMILES string of the molecule is CN=C(NCC1(CCOC)CCC1)NCC1(CS(C)(=O)=O)CC1. The van der Waals surface area contributed by atoms with Gasteiger partial charge in [0.1, 0.15) is 9.84 Å². The van der Waals surface area contributed by atoms with E-state index in [1.54, 1.807) is 14.2 Å². The van der Waals surface area contributed by atoms with Crippen molar-refractivity contribution >= 4 is 15.8 Å². The minimum atomic E-state index is -2.93. The van der Waals surface area contributed by atoms with Gasteiger partial charge >= 0.3 is 0 Å². The van der Waals surface area contributed by atoms with Gasteiger partial charge in [0.2, 0.25) is 0 Å².